The lowest BCUT2D eigenvalue weighted by Crippen LogP contribution is -2.25. The molecule has 1 aliphatic carbocycles. The number of fused-ring (bicyclic) bond motifs is 3. The van der Waals surface area contributed by atoms with E-state index in [1.54, 1.807) is 0 Å². The van der Waals surface area contributed by atoms with E-state index in [1.165, 1.54) is 0 Å². The number of aromatic amines is 1. The summed E-state index contributed by atoms with van der Waals surface area (Å²) in [4.78, 5) is 64.0. The number of hydrogen-bond acceptors (Lipinski definition) is 6. The number of H-pyrrole nitrogens is 1. The fourth-order valence-electron chi connectivity index (χ4n) is 2.49. The summed E-state index contributed by atoms with van der Waals surface area (Å²) in [7, 11) is 0. The third-order valence-electron chi connectivity index (χ3n) is 3.52. The SMILES string of the molecule is O=C(O)c1cc(C(=O)O)c2c(n1)C(=O)C(=O)c1c-2[nH]c(C(=O)O)c1Cl. The molecule has 3 rings (SSSR count). The van der Waals surface area contributed by atoms with Crippen molar-refractivity contribution in [2.24, 2.45) is 0 Å². The van der Waals surface area contributed by atoms with Gasteiger partial charge >= 0.3 is 17.9 Å². The maximum absolute atomic E-state index is 12.2. The number of carbonyl (C=O) groups excluding carboxylic acids is 2. The number of nitrogens with one attached hydrogen (secondary N) is 1. The van der Waals surface area contributed by atoms with Crippen LogP contribution in [0.3, 0.4) is 0 Å². The molecule has 0 saturated heterocycles. The number of halogens is 1. The van der Waals surface area contributed by atoms with E-state index < -0.39 is 68.3 Å². The van der Waals surface area contributed by atoms with Gasteiger partial charge in [0, 0.05) is 5.56 Å². The molecule has 2 heterocycles. The smallest absolute Gasteiger partial charge is 0.354 e. The van der Waals surface area contributed by atoms with Crippen LogP contribution in [0.4, 0.5) is 0 Å². The van der Waals surface area contributed by atoms with E-state index >= 15 is 0 Å². The Hall–Kier alpha value is -3.53. The number of Topliss-reactive ketones (excluding diaryl/α,β-unsaturated/α-hetero) is 2. The number of aromatic carboxylic acids is 3. The Morgan fingerprint density at radius 2 is 1.60 bits per heavy atom. The second-order valence-electron chi connectivity index (χ2n) is 4.92. The molecule has 0 bridgehead atoms. The van der Waals surface area contributed by atoms with Crippen molar-refractivity contribution in [3.63, 3.8) is 0 Å². The monoisotopic (exact) mass is 364 g/mol. The second-order valence-corrected chi connectivity index (χ2v) is 5.29. The van der Waals surface area contributed by atoms with Gasteiger partial charge < -0.3 is 20.3 Å². The fraction of sp³-hybridized carbons (Fsp3) is 0. The molecule has 126 valence electrons. The predicted molar refractivity (Wildman–Crippen MR) is 78.6 cm³/mol. The van der Waals surface area contributed by atoms with Crippen molar-refractivity contribution in [2.45, 2.75) is 0 Å². The fourth-order valence-corrected chi connectivity index (χ4v) is 2.80. The summed E-state index contributed by atoms with van der Waals surface area (Å²) in [5.74, 6) is -7.24. The van der Waals surface area contributed by atoms with E-state index in [0.29, 0.717) is 6.07 Å². The van der Waals surface area contributed by atoms with Gasteiger partial charge in [0.1, 0.15) is 17.1 Å². The van der Waals surface area contributed by atoms with Crippen molar-refractivity contribution < 1.29 is 39.3 Å². The highest BCUT2D eigenvalue weighted by molar-refractivity contribution is 6.56. The average molecular weight is 365 g/mol. The zero-order valence-corrected chi connectivity index (χ0v) is 12.5. The number of carboxylic acid groups (broad SMARTS) is 3. The largest absolute Gasteiger partial charge is 0.478 e. The lowest BCUT2D eigenvalue weighted by Gasteiger charge is -2.16. The molecule has 11 heteroatoms. The molecule has 4 N–H and O–H groups in total. The zero-order chi connectivity index (χ0) is 18.6. The molecule has 10 nitrogen and oxygen atoms in total. The van der Waals surface area contributed by atoms with Gasteiger partial charge in [-0.3, -0.25) is 9.59 Å². The van der Waals surface area contributed by atoms with Crippen LogP contribution in [0.5, 0.6) is 0 Å². The van der Waals surface area contributed by atoms with Gasteiger partial charge in [0.15, 0.2) is 0 Å². The summed E-state index contributed by atoms with van der Waals surface area (Å²) in [5, 5.41) is 26.9. The molecule has 0 spiro atoms. The summed E-state index contributed by atoms with van der Waals surface area (Å²) >= 11 is 5.83. The molecule has 0 saturated carbocycles. The number of rotatable bonds is 3. The zero-order valence-electron chi connectivity index (χ0n) is 11.8. The summed E-state index contributed by atoms with van der Waals surface area (Å²) in [6, 6.07) is 0.700. The second kappa shape index (κ2) is 5.24. The van der Waals surface area contributed by atoms with Gasteiger partial charge in [-0.25, -0.2) is 19.4 Å². The quantitative estimate of drug-likeness (QED) is 0.583. The first kappa shape index (κ1) is 16.3. The standard InChI is InChI=1S/C14H5ClN2O8/c15-6-5-7(17-9(6)14(24)25)4-2(12(20)21)1-3(13(22)23)16-8(4)11(19)10(5)18/h1,17H,(H,20,21)(H,22,23)(H,24,25). The van der Waals surface area contributed by atoms with E-state index in [9.17, 15) is 29.1 Å². The molecule has 0 radical (unpaired) electrons. The first-order chi connectivity index (χ1) is 11.6. The van der Waals surface area contributed by atoms with Crippen molar-refractivity contribution in [1.82, 2.24) is 9.97 Å². The molecule has 2 aromatic rings. The molecule has 0 aliphatic heterocycles. The Balaban J connectivity index is 2.48. The third-order valence-corrected chi connectivity index (χ3v) is 3.90. The van der Waals surface area contributed by atoms with Crippen LogP contribution in [0.1, 0.15) is 52.2 Å². The molecular weight excluding hydrogens is 360 g/mol. The molecule has 0 amide bonds. The number of carboxylic acids is 3. The Labute approximate surface area is 141 Å². The van der Waals surface area contributed by atoms with Gasteiger partial charge in [-0.1, -0.05) is 11.6 Å². The minimum absolute atomic E-state index is 0.316. The summed E-state index contributed by atoms with van der Waals surface area (Å²) in [6.45, 7) is 0. The first-order valence-electron chi connectivity index (χ1n) is 6.40. The van der Waals surface area contributed by atoms with Gasteiger partial charge in [0.25, 0.3) is 5.78 Å². The molecule has 0 atom stereocenters. The maximum atomic E-state index is 12.2. The van der Waals surface area contributed by atoms with Crippen molar-refractivity contribution in [2.75, 3.05) is 0 Å². The van der Waals surface area contributed by atoms with Crippen LogP contribution in [0.2, 0.25) is 5.02 Å². The highest BCUT2D eigenvalue weighted by Crippen LogP contribution is 2.40. The van der Waals surface area contributed by atoms with E-state index in [-0.39, 0.29) is 5.69 Å². The van der Waals surface area contributed by atoms with E-state index in [4.69, 9.17) is 21.8 Å². The molecule has 25 heavy (non-hydrogen) atoms. The molecule has 0 unspecified atom stereocenters. The number of ketones is 2. The van der Waals surface area contributed by atoms with Gasteiger partial charge in [-0.05, 0) is 6.07 Å². The molecule has 2 aromatic heterocycles. The highest BCUT2D eigenvalue weighted by atomic mass is 35.5. The number of carbonyl (C=O) groups is 5. The topological polar surface area (TPSA) is 175 Å². The first-order valence-corrected chi connectivity index (χ1v) is 6.78. The third kappa shape index (κ3) is 2.19. The van der Waals surface area contributed by atoms with Crippen molar-refractivity contribution in [3.05, 3.63) is 39.3 Å². The van der Waals surface area contributed by atoms with E-state index in [2.05, 4.69) is 9.97 Å². The number of hydrogen-bond donors (Lipinski definition) is 4. The van der Waals surface area contributed by atoms with Crippen LogP contribution in [0, 0.1) is 0 Å². The van der Waals surface area contributed by atoms with Gasteiger partial charge in [0.05, 0.1) is 21.8 Å². The summed E-state index contributed by atoms with van der Waals surface area (Å²) < 4.78 is 0. The molecule has 0 aromatic carbocycles. The Morgan fingerprint density at radius 3 is 2.12 bits per heavy atom. The van der Waals surface area contributed by atoms with Gasteiger partial charge in [0.2, 0.25) is 5.78 Å². The Morgan fingerprint density at radius 1 is 0.960 bits per heavy atom. The number of nitrogens with zero attached hydrogens (tertiary/aromatic N) is 1. The minimum atomic E-state index is -1.60. The lowest BCUT2D eigenvalue weighted by atomic mass is 9.88. The van der Waals surface area contributed by atoms with Crippen molar-refractivity contribution in [1.29, 1.82) is 0 Å². The minimum Gasteiger partial charge on any atom is -0.478 e. The summed E-state index contributed by atoms with van der Waals surface area (Å²) in [6.07, 6.45) is 0. The number of pyridine rings is 1. The Bertz CT molecular complexity index is 1040. The average Bonchev–Trinajstić information content (AvgIpc) is 2.89. The Kier molecular flexibility index (Phi) is 3.43. The maximum Gasteiger partial charge on any atom is 0.354 e. The molecule has 1 aliphatic rings. The van der Waals surface area contributed by atoms with Gasteiger partial charge in [-0.2, -0.15) is 0 Å². The van der Waals surface area contributed by atoms with Gasteiger partial charge in [-0.15, -0.1) is 0 Å². The van der Waals surface area contributed by atoms with E-state index in [1.807, 2.05) is 0 Å². The van der Waals surface area contributed by atoms with Crippen molar-refractivity contribution in [3.8, 4) is 11.3 Å². The van der Waals surface area contributed by atoms with E-state index in [0.717, 1.165) is 0 Å². The predicted octanol–water partition coefficient (Wildman–Crippen LogP) is 1.20. The molecule has 0 fully saturated rings. The number of aromatic nitrogens is 2. The van der Waals surface area contributed by atoms with Crippen LogP contribution in [-0.4, -0.2) is 54.8 Å². The van der Waals surface area contributed by atoms with Crippen LogP contribution in [-0.2, 0) is 0 Å². The van der Waals surface area contributed by atoms with Crippen molar-refractivity contribution >= 4 is 41.1 Å². The lowest BCUT2D eigenvalue weighted by molar-refractivity contribution is 0.0677. The highest BCUT2D eigenvalue weighted by Gasteiger charge is 2.40. The normalized spacial score (nSPS) is 12.5. The van der Waals surface area contributed by atoms with Crippen LogP contribution >= 0.6 is 11.6 Å². The van der Waals surface area contributed by atoms with Crippen LogP contribution < -0.4 is 0 Å². The van der Waals surface area contributed by atoms with Crippen LogP contribution in [0.25, 0.3) is 11.3 Å². The van der Waals surface area contributed by atoms with Crippen LogP contribution in [0.15, 0.2) is 6.07 Å². The summed E-state index contributed by atoms with van der Waals surface area (Å²) in [5.41, 5.74) is -3.92. The molecular formula is C14H5ClN2O8.